The Morgan fingerprint density at radius 2 is 2.09 bits per heavy atom. The summed E-state index contributed by atoms with van der Waals surface area (Å²) < 4.78 is 5.65. The summed E-state index contributed by atoms with van der Waals surface area (Å²) in [5.74, 6) is -0.531. The van der Waals surface area contributed by atoms with Gasteiger partial charge in [-0.15, -0.1) is 12.4 Å². The van der Waals surface area contributed by atoms with Crippen molar-refractivity contribution in [3.8, 4) is 5.75 Å². The zero-order valence-electron chi connectivity index (χ0n) is 13.3. The molecule has 0 fully saturated rings. The van der Waals surface area contributed by atoms with Gasteiger partial charge in [0.05, 0.1) is 6.54 Å². The minimum absolute atomic E-state index is 0. The van der Waals surface area contributed by atoms with E-state index in [4.69, 9.17) is 9.84 Å². The van der Waals surface area contributed by atoms with Crippen LogP contribution in [0.1, 0.15) is 18.9 Å². The number of carbonyl (C=O) groups is 2. The van der Waals surface area contributed by atoms with Crippen molar-refractivity contribution in [1.82, 2.24) is 10.2 Å². The summed E-state index contributed by atoms with van der Waals surface area (Å²) in [6.07, 6.45) is 0.268. The highest BCUT2D eigenvalue weighted by molar-refractivity contribution is 5.85. The van der Waals surface area contributed by atoms with Crippen LogP contribution in [0.2, 0.25) is 0 Å². The Balaban J connectivity index is 0.00000264. The first-order chi connectivity index (χ1) is 10.5. The van der Waals surface area contributed by atoms with Crippen molar-refractivity contribution in [2.45, 2.75) is 25.9 Å². The zero-order chi connectivity index (χ0) is 16.1. The Morgan fingerprint density at radius 3 is 2.74 bits per heavy atom. The van der Waals surface area contributed by atoms with Crippen LogP contribution in [0, 0.1) is 5.92 Å². The van der Waals surface area contributed by atoms with E-state index in [1.807, 2.05) is 24.3 Å². The molecule has 1 aromatic carbocycles. The predicted octanol–water partition coefficient (Wildman–Crippen LogP) is 1.53. The summed E-state index contributed by atoms with van der Waals surface area (Å²) in [5.41, 5.74) is 0.976. The number of ether oxygens (including phenoxy) is 1. The first kappa shape index (κ1) is 19.3. The molecule has 1 amide bonds. The zero-order valence-corrected chi connectivity index (χ0v) is 14.1. The number of halogens is 1. The fourth-order valence-corrected chi connectivity index (χ4v) is 2.62. The second kappa shape index (κ2) is 8.74. The molecule has 2 atom stereocenters. The lowest BCUT2D eigenvalue weighted by molar-refractivity contribution is -0.141. The van der Waals surface area contributed by atoms with Crippen LogP contribution in [0.15, 0.2) is 24.3 Å². The minimum Gasteiger partial charge on any atom is -0.491 e. The van der Waals surface area contributed by atoms with Gasteiger partial charge in [-0.3, -0.25) is 9.59 Å². The molecular weight excluding hydrogens is 320 g/mol. The van der Waals surface area contributed by atoms with E-state index in [2.05, 4.69) is 5.32 Å². The van der Waals surface area contributed by atoms with E-state index in [0.717, 1.165) is 11.3 Å². The number of aliphatic carboxylic acids is 1. The molecule has 0 saturated carbocycles. The molecule has 0 saturated heterocycles. The van der Waals surface area contributed by atoms with Crippen molar-refractivity contribution in [3.63, 3.8) is 0 Å². The average Bonchev–Trinajstić information content (AvgIpc) is 2.73. The van der Waals surface area contributed by atoms with Gasteiger partial charge in [-0.05, 0) is 19.5 Å². The topological polar surface area (TPSA) is 78.9 Å². The van der Waals surface area contributed by atoms with Crippen LogP contribution in [0.3, 0.4) is 0 Å². The molecule has 1 heterocycles. The first-order valence-corrected chi connectivity index (χ1v) is 7.42. The van der Waals surface area contributed by atoms with E-state index >= 15 is 0 Å². The second-order valence-corrected chi connectivity index (χ2v) is 5.53. The highest BCUT2D eigenvalue weighted by atomic mass is 35.5. The summed E-state index contributed by atoms with van der Waals surface area (Å²) >= 11 is 0. The van der Waals surface area contributed by atoms with Gasteiger partial charge in [0.1, 0.15) is 18.4 Å². The number of fused-ring (bicyclic) bond motifs is 1. The lowest BCUT2D eigenvalue weighted by Crippen LogP contribution is -2.41. The van der Waals surface area contributed by atoms with Crippen molar-refractivity contribution < 1.29 is 19.4 Å². The Morgan fingerprint density at radius 1 is 1.39 bits per heavy atom. The first-order valence-electron chi connectivity index (χ1n) is 7.42. The Labute approximate surface area is 142 Å². The van der Waals surface area contributed by atoms with Crippen molar-refractivity contribution >= 4 is 24.3 Å². The highest BCUT2D eigenvalue weighted by Gasteiger charge is 2.27. The molecule has 0 bridgehead atoms. The maximum absolute atomic E-state index is 12.6. The fraction of sp³-hybridized carbons (Fsp3) is 0.500. The number of amides is 1. The largest absolute Gasteiger partial charge is 0.491 e. The number of benzene rings is 1. The monoisotopic (exact) mass is 342 g/mol. The fourth-order valence-electron chi connectivity index (χ4n) is 2.62. The molecule has 2 N–H and O–H groups in total. The minimum atomic E-state index is -0.938. The molecule has 0 radical (unpaired) electrons. The molecule has 1 aliphatic rings. The van der Waals surface area contributed by atoms with Crippen LogP contribution in [-0.4, -0.2) is 48.1 Å². The maximum atomic E-state index is 12.6. The lowest BCUT2D eigenvalue weighted by atomic mass is 10.00. The Bertz CT molecular complexity index is 553. The van der Waals surface area contributed by atoms with Crippen molar-refractivity contribution in [2.75, 3.05) is 20.2 Å². The number of hydrogen-bond acceptors (Lipinski definition) is 4. The van der Waals surface area contributed by atoms with Gasteiger partial charge >= 0.3 is 5.97 Å². The average molecular weight is 343 g/mol. The molecule has 6 nitrogen and oxygen atoms in total. The van der Waals surface area contributed by atoms with E-state index < -0.39 is 12.0 Å². The molecule has 23 heavy (non-hydrogen) atoms. The van der Waals surface area contributed by atoms with E-state index in [-0.39, 0.29) is 30.7 Å². The molecule has 0 aliphatic carbocycles. The smallest absolute Gasteiger partial charge is 0.320 e. The number of para-hydroxylation sites is 1. The molecular formula is C16H23ClN2O4. The van der Waals surface area contributed by atoms with Gasteiger partial charge in [0.25, 0.3) is 0 Å². The number of nitrogens with zero attached hydrogens (tertiary/aromatic N) is 1. The summed E-state index contributed by atoms with van der Waals surface area (Å²) in [5, 5.41) is 11.8. The van der Waals surface area contributed by atoms with Crippen LogP contribution < -0.4 is 10.1 Å². The van der Waals surface area contributed by atoms with E-state index in [9.17, 15) is 9.59 Å². The van der Waals surface area contributed by atoms with Gasteiger partial charge in [-0.2, -0.15) is 0 Å². The van der Waals surface area contributed by atoms with Crippen LogP contribution >= 0.6 is 12.4 Å². The molecule has 0 unspecified atom stereocenters. The van der Waals surface area contributed by atoms with Crippen molar-refractivity contribution in [3.05, 3.63) is 29.8 Å². The van der Waals surface area contributed by atoms with Gasteiger partial charge in [0.2, 0.25) is 5.91 Å². The van der Waals surface area contributed by atoms with Gasteiger partial charge in [0, 0.05) is 18.0 Å². The van der Waals surface area contributed by atoms with Gasteiger partial charge in [0.15, 0.2) is 0 Å². The third kappa shape index (κ3) is 4.84. The van der Waals surface area contributed by atoms with Crippen LogP contribution in [0.5, 0.6) is 5.75 Å². The molecule has 1 aliphatic heterocycles. The maximum Gasteiger partial charge on any atom is 0.320 e. The molecule has 7 heteroatoms. The SMILES string of the molecule is CN[C@@H](C[C@H](C)C(=O)N1CCOc2ccccc2C1)C(=O)O.Cl. The number of rotatable bonds is 5. The quantitative estimate of drug-likeness (QED) is 0.848. The molecule has 0 spiro atoms. The van der Waals surface area contributed by atoms with Crippen molar-refractivity contribution in [2.24, 2.45) is 5.92 Å². The molecule has 0 aromatic heterocycles. The third-order valence-electron chi connectivity index (χ3n) is 3.92. The summed E-state index contributed by atoms with van der Waals surface area (Å²) in [7, 11) is 1.59. The summed E-state index contributed by atoms with van der Waals surface area (Å²) in [6.45, 7) is 3.23. The van der Waals surface area contributed by atoms with Crippen LogP contribution in [-0.2, 0) is 16.1 Å². The van der Waals surface area contributed by atoms with Gasteiger partial charge in [-0.1, -0.05) is 25.1 Å². The number of carboxylic acid groups (broad SMARTS) is 1. The lowest BCUT2D eigenvalue weighted by Gasteiger charge is -2.25. The Hall–Kier alpha value is -1.79. The predicted molar refractivity (Wildman–Crippen MR) is 88.9 cm³/mol. The summed E-state index contributed by atoms with van der Waals surface area (Å²) in [4.78, 5) is 25.4. The van der Waals surface area contributed by atoms with E-state index in [0.29, 0.717) is 19.7 Å². The molecule has 128 valence electrons. The number of likely N-dealkylation sites (N-methyl/N-ethyl adjacent to an activating group) is 1. The van der Waals surface area contributed by atoms with Gasteiger partial charge < -0.3 is 20.1 Å². The second-order valence-electron chi connectivity index (χ2n) is 5.53. The van der Waals surface area contributed by atoms with Crippen LogP contribution in [0.25, 0.3) is 0 Å². The molecule has 2 rings (SSSR count). The van der Waals surface area contributed by atoms with E-state index in [1.54, 1.807) is 18.9 Å². The highest BCUT2D eigenvalue weighted by Crippen LogP contribution is 2.23. The van der Waals surface area contributed by atoms with Crippen molar-refractivity contribution in [1.29, 1.82) is 0 Å². The number of nitrogens with one attached hydrogen (secondary N) is 1. The third-order valence-corrected chi connectivity index (χ3v) is 3.92. The van der Waals surface area contributed by atoms with Crippen LogP contribution in [0.4, 0.5) is 0 Å². The van der Waals surface area contributed by atoms with Gasteiger partial charge in [-0.25, -0.2) is 0 Å². The number of carboxylic acids is 1. The Kier molecular flexibility index (Phi) is 7.32. The summed E-state index contributed by atoms with van der Waals surface area (Å²) in [6, 6.07) is 6.95. The van der Waals surface area contributed by atoms with E-state index in [1.165, 1.54) is 0 Å². The normalized spacial score (nSPS) is 16.2. The number of carbonyl (C=O) groups excluding carboxylic acids is 1. The standard InChI is InChI=1S/C16H22N2O4.ClH/c1-11(9-13(17-2)16(20)21)15(19)18-7-8-22-14-6-4-3-5-12(14)10-18;/h3-6,11,13,17H,7-10H2,1-2H3,(H,20,21);1H/t11-,13-;/m0./s1. The molecule has 1 aromatic rings. The number of hydrogen-bond donors (Lipinski definition) is 2.